The maximum absolute atomic E-state index is 14.0. The van der Waals surface area contributed by atoms with Gasteiger partial charge in [-0.15, -0.1) is 0 Å². The molecule has 19 heavy (non-hydrogen) atoms. The van der Waals surface area contributed by atoms with Crippen LogP contribution in [0.4, 0.5) is 4.39 Å². The minimum atomic E-state index is -0.348. The molecule has 3 N–H and O–H groups in total. The SMILES string of the molecule is CC/C(C)=C(/C=C(/N)C(C)=N)c1cc(Cl)ccc1F. The van der Waals surface area contributed by atoms with Gasteiger partial charge in [-0.05, 0) is 50.1 Å². The van der Waals surface area contributed by atoms with Gasteiger partial charge in [-0.1, -0.05) is 24.1 Å². The smallest absolute Gasteiger partial charge is 0.131 e. The summed E-state index contributed by atoms with van der Waals surface area (Å²) in [4.78, 5) is 0. The van der Waals surface area contributed by atoms with E-state index in [0.717, 1.165) is 12.0 Å². The van der Waals surface area contributed by atoms with Crippen molar-refractivity contribution in [2.45, 2.75) is 27.2 Å². The predicted molar refractivity (Wildman–Crippen MR) is 80.0 cm³/mol. The van der Waals surface area contributed by atoms with Gasteiger partial charge in [0.2, 0.25) is 0 Å². The predicted octanol–water partition coefficient (Wildman–Crippen LogP) is 4.54. The third kappa shape index (κ3) is 3.93. The van der Waals surface area contributed by atoms with Crippen molar-refractivity contribution in [3.63, 3.8) is 0 Å². The monoisotopic (exact) mass is 280 g/mol. The Labute approximate surface area is 118 Å². The molecule has 0 saturated carbocycles. The normalized spacial score (nSPS) is 13.2. The van der Waals surface area contributed by atoms with E-state index in [-0.39, 0.29) is 11.5 Å². The molecule has 0 bridgehead atoms. The minimum Gasteiger partial charge on any atom is -0.397 e. The molecule has 2 nitrogen and oxygen atoms in total. The quantitative estimate of drug-likeness (QED) is 0.617. The molecule has 0 aromatic heterocycles. The molecule has 0 radical (unpaired) electrons. The van der Waals surface area contributed by atoms with Crippen molar-refractivity contribution in [1.29, 1.82) is 5.41 Å². The molecule has 0 atom stereocenters. The van der Waals surface area contributed by atoms with Gasteiger partial charge >= 0.3 is 0 Å². The van der Waals surface area contributed by atoms with Crippen molar-refractivity contribution in [2.75, 3.05) is 0 Å². The molecule has 0 amide bonds. The fourth-order valence-corrected chi connectivity index (χ4v) is 1.76. The van der Waals surface area contributed by atoms with Crippen molar-refractivity contribution in [2.24, 2.45) is 5.73 Å². The Kier molecular flexibility index (Phi) is 5.31. The summed E-state index contributed by atoms with van der Waals surface area (Å²) in [5.41, 5.74) is 8.45. The number of allylic oxidation sites excluding steroid dienone is 4. The van der Waals surface area contributed by atoms with Crippen molar-refractivity contribution in [3.05, 3.63) is 51.9 Å². The molecule has 1 aromatic carbocycles. The van der Waals surface area contributed by atoms with Crippen molar-refractivity contribution >= 4 is 22.9 Å². The van der Waals surface area contributed by atoms with Crippen LogP contribution in [0.2, 0.25) is 5.02 Å². The lowest BCUT2D eigenvalue weighted by molar-refractivity contribution is 0.624. The van der Waals surface area contributed by atoms with E-state index in [9.17, 15) is 4.39 Å². The molecule has 0 aliphatic heterocycles. The summed E-state index contributed by atoms with van der Waals surface area (Å²) in [5.74, 6) is -0.348. The molecule has 1 aromatic rings. The first kappa shape index (κ1) is 15.4. The van der Waals surface area contributed by atoms with Gasteiger partial charge in [-0.25, -0.2) is 4.39 Å². The first-order valence-electron chi connectivity index (χ1n) is 6.04. The summed E-state index contributed by atoms with van der Waals surface area (Å²) < 4.78 is 14.0. The highest BCUT2D eigenvalue weighted by Gasteiger charge is 2.10. The van der Waals surface area contributed by atoms with Gasteiger partial charge in [0.1, 0.15) is 5.82 Å². The number of nitrogens with two attached hydrogens (primary N) is 1. The highest BCUT2D eigenvalue weighted by molar-refractivity contribution is 6.30. The first-order valence-corrected chi connectivity index (χ1v) is 6.42. The summed E-state index contributed by atoms with van der Waals surface area (Å²) in [5, 5.41) is 7.98. The van der Waals surface area contributed by atoms with Crippen LogP contribution in [-0.2, 0) is 0 Å². The molecular weight excluding hydrogens is 263 g/mol. The number of hydrogen-bond donors (Lipinski definition) is 2. The van der Waals surface area contributed by atoms with Crippen LogP contribution < -0.4 is 5.73 Å². The highest BCUT2D eigenvalue weighted by atomic mass is 35.5. The maximum atomic E-state index is 14.0. The molecular formula is C15H18ClFN2. The van der Waals surface area contributed by atoms with Gasteiger partial charge < -0.3 is 11.1 Å². The lowest BCUT2D eigenvalue weighted by Gasteiger charge is -2.11. The van der Waals surface area contributed by atoms with Crippen molar-refractivity contribution in [3.8, 4) is 0 Å². The van der Waals surface area contributed by atoms with Crippen LogP contribution in [0.1, 0.15) is 32.8 Å². The number of rotatable bonds is 4. The summed E-state index contributed by atoms with van der Waals surface area (Å²) >= 11 is 5.92. The van der Waals surface area contributed by atoms with Crippen LogP contribution in [0.3, 0.4) is 0 Å². The van der Waals surface area contributed by atoms with Gasteiger partial charge in [0.05, 0.1) is 11.4 Å². The molecule has 0 heterocycles. The first-order chi connectivity index (χ1) is 8.86. The molecule has 102 valence electrons. The summed E-state index contributed by atoms with van der Waals surface area (Å²) in [7, 11) is 0. The molecule has 4 heteroatoms. The average molecular weight is 281 g/mol. The molecule has 0 spiro atoms. The van der Waals surface area contributed by atoms with E-state index in [2.05, 4.69) is 0 Å². The van der Waals surface area contributed by atoms with Crippen LogP contribution in [0, 0.1) is 11.2 Å². The Hall–Kier alpha value is -1.61. The second-order valence-electron chi connectivity index (χ2n) is 4.40. The molecule has 0 saturated heterocycles. The van der Waals surface area contributed by atoms with Crippen LogP contribution in [0.5, 0.6) is 0 Å². The number of halogens is 2. The topological polar surface area (TPSA) is 49.9 Å². The number of benzene rings is 1. The van der Waals surface area contributed by atoms with E-state index in [1.165, 1.54) is 12.1 Å². The minimum absolute atomic E-state index is 0.254. The Morgan fingerprint density at radius 3 is 2.58 bits per heavy atom. The molecule has 0 unspecified atom stereocenters. The van der Waals surface area contributed by atoms with Crippen molar-refractivity contribution < 1.29 is 4.39 Å². The van der Waals surface area contributed by atoms with E-state index < -0.39 is 0 Å². The van der Waals surface area contributed by atoms with Crippen LogP contribution in [-0.4, -0.2) is 5.71 Å². The van der Waals surface area contributed by atoms with Crippen molar-refractivity contribution in [1.82, 2.24) is 0 Å². The molecule has 1 rings (SSSR count). The lowest BCUT2D eigenvalue weighted by Crippen LogP contribution is -2.07. The van der Waals surface area contributed by atoms with E-state index in [4.69, 9.17) is 22.7 Å². The number of nitrogens with one attached hydrogen (secondary N) is 1. The largest absolute Gasteiger partial charge is 0.397 e. The third-order valence-electron chi connectivity index (χ3n) is 2.94. The third-order valence-corrected chi connectivity index (χ3v) is 3.18. The zero-order chi connectivity index (χ0) is 14.6. The summed E-state index contributed by atoms with van der Waals surface area (Å²) in [6.07, 6.45) is 2.40. The van der Waals surface area contributed by atoms with Gasteiger partial charge in [-0.3, -0.25) is 0 Å². The maximum Gasteiger partial charge on any atom is 0.131 e. The van der Waals surface area contributed by atoms with Gasteiger partial charge in [0, 0.05) is 10.6 Å². The zero-order valence-corrected chi connectivity index (χ0v) is 12.1. The van der Waals surface area contributed by atoms with E-state index in [0.29, 0.717) is 21.9 Å². The highest BCUT2D eigenvalue weighted by Crippen LogP contribution is 2.27. The zero-order valence-electron chi connectivity index (χ0n) is 11.3. The van der Waals surface area contributed by atoms with Gasteiger partial charge in [0.25, 0.3) is 0 Å². The van der Waals surface area contributed by atoms with Crippen LogP contribution in [0.15, 0.2) is 35.5 Å². The Bertz CT molecular complexity index is 559. The molecule has 0 aliphatic carbocycles. The van der Waals surface area contributed by atoms with Crippen LogP contribution >= 0.6 is 11.6 Å². The Balaban J connectivity index is 3.47. The van der Waals surface area contributed by atoms with E-state index >= 15 is 0 Å². The average Bonchev–Trinajstić information content (AvgIpc) is 2.37. The summed E-state index contributed by atoms with van der Waals surface area (Å²) in [6, 6.07) is 4.42. The fraction of sp³-hybridized carbons (Fsp3) is 0.267. The van der Waals surface area contributed by atoms with Gasteiger partial charge in [0.15, 0.2) is 0 Å². The Morgan fingerprint density at radius 2 is 2.05 bits per heavy atom. The second kappa shape index (κ2) is 6.53. The second-order valence-corrected chi connectivity index (χ2v) is 4.83. The van der Waals surface area contributed by atoms with Crippen LogP contribution in [0.25, 0.3) is 5.57 Å². The lowest BCUT2D eigenvalue weighted by atomic mass is 9.97. The fourth-order valence-electron chi connectivity index (χ4n) is 1.59. The standard InChI is InChI=1S/C15H18ClFN2/c1-4-9(2)12(8-15(19)10(3)18)13-7-11(16)5-6-14(13)17/h5-8,18H,4,19H2,1-3H3/b12-9-,15-8+,18-10?. The molecule has 0 fully saturated rings. The summed E-state index contributed by atoms with van der Waals surface area (Å²) in [6.45, 7) is 5.50. The van der Waals surface area contributed by atoms with E-state index in [1.807, 2.05) is 13.8 Å². The number of hydrogen-bond acceptors (Lipinski definition) is 2. The molecule has 0 aliphatic rings. The Morgan fingerprint density at radius 1 is 1.42 bits per heavy atom. The van der Waals surface area contributed by atoms with Gasteiger partial charge in [-0.2, -0.15) is 0 Å². The van der Waals surface area contributed by atoms with E-state index in [1.54, 1.807) is 19.1 Å².